The van der Waals surface area contributed by atoms with Crippen molar-refractivity contribution < 1.29 is 0 Å². The van der Waals surface area contributed by atoms with Crippen molar-refractivity contribution in [3.05, 3.63) is 29.8 Å². The van der Waals surface area contributed by atoms with Crippen molar-refractivity contribution in [2.75, 3.05) is 31.1 Å². The number of anilines is 1. The van der Waals surface area contributed by atoms with Gasteiger partial charge in [0.15, 0.2) is 0 Å². The highest BCUT2D eigenvalue weighted by molar-refractivity contribution is 5.54. The molecule has 1 N–H and O–H groups in total. The fourth-order valence-corrected chi connectivity index (χ4v) is 3.74. The van der Waals surface area contributed by atoms with Gasteiger partial charge < -0.3 is 10.2 Å². The maximum Gasteiger partial charge on any atom is 0.0398 e. The van der Waals surface area contributed by atoms with E-state index in [-0.39, 0.29) is 0 Å². The average molecular weight is 272 g/mol. The molecule has 0 aliphatic carbocycles. The average Bonchev–Trinajstić information content (AvgIpc) is 2.71. The van der Waals surface area contributed by atoms with E-state index in [1.807, 2.05) is 0 Å². The lowest BCUT2D eigenvalue weighted by Crippen LogP contribution is -2.29. The van der Waals surface area contributed by atoms with Crippen LogP contribution in [0, 0.1) is 5.92 Å². The van der Waals surface area contributed by atoms with Gasteiger partial charge in [0, 0.05) is 18.8 Å². The highest BCUT2D eigenvalue weighted by atomic mass is 15.1. The molecule has 20 heavy (non-hydrogen) atoms. The van der Waals surface area contributed by atoms with Gasteiger partial charge in [-0.05, 0) is 75.6 Å². The number of nitrogens with one attached hydrogen (secondary N) is 1. The molecule has 0 radical (unpaired) electrons. The van der Waals surface area contributed by atoms with Gasteiger partial charge in [0.2, 0.25) is 0 Å². The van der Waals surface area contributed by atoms with Gasteiger partial charge in [-0.1, -0.05) is 18.2 Å². The Morgan fingerprint density at radius 3 is 2.85 bits per heavy atom. The van der Waals surface area contributed by atoms with Gasteiger partial charge in [-0.25, -0.2) is 0 Å². The Labute approximate surface area is 123 Å². The van der Waals surface area contributed by atoms with Crippen LogP contribution in [0.5, 0.6) is 0 Å². The van der Waals surface area contributed by atoms with Gasteiger partial charge >= 0.3 is 0 Å². The van der Waals surface area contributed by atoms with E-state index in [1.165, 1.54) is 76.8 Å². The fourth-order valence-electron chi connectivity index (χ4n) is 3.74. The smallest absolute Gasteiger partial charge is 0.0398 e. The number of piperidine rings is 1. The second-order valence-corrected chi connectivity index (χ2v) is 6.41. The Balaban J connectivity index is 1.54. The minimum Gasteiger partial charge on any atom is -0.371 e. The molecule has 0 unspecified atom stereocenters. The van der Waals surface area contributed by atoms with Gasteiger partial charge in [-0.3, -0.25) is 0 Å². The van der Waals surface area contributed by atoms with Crippen LogP contribution in [0.4, 0.5) is 5.69 Å². The number of aryl methyl sites for hydroxylation is 1. The van der Waals surface area contributed by atoms with Crippen molar-refractivity contribution in [1.29, 1.82) is 0 Å². The van der Waals surface area contributed by atoms with E-state index < -0.39 is 0 Å². The lowest BCUT2D eigenvalue weighted by atomic mass is 9.93. The maximum absolute atomic E-state index is 3.47. The molecule has 2 aliphatic heterocycles. The van der Waals surface area contributed by atoms with Gasteiger partial charge in [0.05, 0.1) is 0 Å². The first-order valence-corrected chi connectivity index (χ1v) is 8.47. The Morgan fingerprint density at radius 1 is 1.10 bits per heavy atom. The first-order valence-electron chi connectivity index (χ1n) is 8.47. The summed E-state index contributed by atoms with van der Waals surface area (Å²) >= 11 is 0. The molecule has 110 valence electrons. The topological polar surface area (TPSA) is 15.3 Å². The summed E-state index contributed by atoms with van der Waals surface area (Å²) in [6.45, 7) is 4.97. The molecule has 3 rings (SSSR count). The lowest BCUT2D eigenvalue weighted by molar-refractivity contribution is 0.347. The molecule has 0 aromatic heterocycles. The molecule has 2 nitrogen and oxygen atoms in total. The van der Waals surface area contributed by atoms with Crippen molar-refractivity contribution in [3.63, 3.8) is 0 Å². The molecule has 0 amide bonds. The molecule has 1 aromatic rings. The Kier molecular flexibility index (Phi) is 4.96. The molecule has 1 aromatic carbocycles. The number of nitrogens with zero attached hydrogens (tertiary/aromatic N) is 1. The van der Waals surface area contributed by atoms with Crippen molar-refractivity contribution in [2.24, 2.45) is 5.92 Å². The summed E-state index contributed by atoms with van der Waals surface area (Å²) in [4.78, 5) is 2.64. The number of para-hydroxylation sites is 1. The largest absolute Gasteiger partial charge is 0.371 e. The predicted octanol–water partition coefficient (Wildman–Crippen LogP) is 3.61. The van der Waals surface area contributed by atoms with Crippen molar-refractivity contribution in [2.45, 2.75) is 44.9 Å². The summed E-state index contributed by atoms with van der Waals surface area (Å²) in [5, 5.41) is 3.47. The van der Waals surface area contributed by atoms with Crippen LogP contribution in [0.2, 0.25) is 0 Å². The minimum atomic E-state index is 0.971. The van der Waals surface area contributed by atoms with Crippen molar-refractivity contribution >= 4 is 5.69 Å². The molecule has 0 spiro atoms. The number of benzene rings is 1. The summed E-state index contributed by atoms with van der Waals surface area (Å²) in [6, 6.07) is 9.03. The summed E-state index contributed by atoms with van der Waals surface area (Å²) in [5.41, 5.74) is 3.07. The molecule has 0 atom stereocenters. The quantitative estimate of drug-likeness (QED) is 0.901. The van der Waals surface area contributed by atoms with E-state index >= 15 is 0 Å². The SMILES string of the molecule is c1ccc2c(c1)CCCCN2CCCC1CCNCC1. The molecule has 1 saturated heterocycles. The Morgan fingerprint density at radius 2 is 1.95 bits per heavy atom. The lowest BCUT2D eigenvalue weighted by Gasteiger charge is -2.27. The Bertz CT molecular complexity index is 410. The van der Waals surface area contributed by atoms with Gasteiger partial charge in [0.1, 0.15) is 0 Å². The third kappa shape index (κ3) is 3.54. The zero-order chi connectivity index (χ0) is 13.6. The van der Waals surface area contributed by atoms with E-state index in [0.717, 1.165) is 5.92 Å². The van der Waals surface area contributed by atoms with Gasteiger partial charge in [0.25, 0.3) is 0 Å². The molecule has 1 fully saturated rings. The highest BCUT2D eigenvalue weighted by Gasteiger charge is 2.16. The van der Waals surface area contributed by atoms with E-state index in [9.17, 15) is 0 Å². The van der Waals surface area contributed by atoms with Crippen LogP contribution in [0.15, 0.2) is 24.3 Å². The number of fused-ring (bicyclic) bond motifs is 1. The summed E-state index contributed by atoms with van der Waals surface area (Å²) in [7, 11) is 0. The highest BCUT2D eigenvalue weighted by Crippen LogP contribution is 2.27. The summed E-state index contributed by atoms with van der Waals surface area (Å²) in [5.74, 6) is 0.971. The van der Waals surface area contributed by atoms with E-state index in [1.54, 1.807) is 5.56 Å². The van der Waals surface area contributed by atoms with Crippen LogP contribution in [0.3, 0.4) is 0 Å². The molecule has 0 bridgehead atoms. The van der Waals surface area contributed by atoms with Crippen LogP contribution in [-0.4, -0.2) is 26.2 Å². The number of hydrogen-bond donors (Lipinski definition) is 1. The number of rotatable bonds is 4. The van der Waals surface area contributed by atoms with Crippen LogP contribution in [-0.2, 0) is 6.42 Å². The monoisotopic (exact) mass is 272 g/mol. The van der Waals surface area contributed by atoms with Crippen LogP contribution in [0.1, 0.15) is 44.1 Å². The van der Waals surface area contributed by atoms with Crippen LogP contribution in [0.25, 0.3) is 0 Å². The Hall–Kier alpha value is -1.02. The fraction of sp³-hybridized carbons (Fsp3) is 0.667. The first-order chi connectivity index (χ1) is 9.93. The first kappa shape index (κ1) is 13.9. The zero-order valence-electron chi connectivity index (χ0n) is 12.6. The van der Waals surface area contributed by atoms with E-state index in [0.29, 0.717) is 0 Å². The van der Waals surface area contributed by atoms with Crippen LogP contribution < -0.4 is 10.2 Å². The normalized spacial score (nSPS) is 20.5. The third-order valence-corrected chi connectivity index (χ3v) is 4.96. The van der Waals surface area contributed by atoms with Crippen LogP contribution >= 0.6 is 0 Å². The van der Waals surface area contributed by atoms with Gasteiger partial charge in [-0.2, -0.15) is 0 Å². The summed E-state index contributed by atoms with van der Waals surface area (Å²) in [6.07, 6.45) is 9.51. The van der Waals surface area contributed by atoms with Gasteiger partial charge in [-0.15, -0.1) is 0 Å². The molecule has 2 heterocycles. The van der Waals surface area contributed by atoms with E-state index in [4.69, 9.17) is 0 Å². The molecule has 2 heteroatoms. The number of hydrogen-bond acceptors (Lipinski definition) is 2. The molecule has 0 saturated carbocycles. The molecular formula is C18H28N2. The molecular weight excluding hydrogens is 244 g/mol. The maximum atomic E-state index is 3.47. The predicted molar refractivity (Wildman–Crippen MR) is 86.4 cm³/mol. The zero-order valence-corrected chi connectivity index (χ0v) is 12.6. The standard InChI is InChI=1S/C18H28N2/c1-2-9-18-17(7-1)8-3-4-14-20(18)15-5-6-16-10-12-19-13-11-16/h1-2,7,9,16,19H,3-6,8,10-15H2. The summed E-state index contributed by atoms with van der Waals surface area (Å²) < 4.78 is 0. The second kappa shape index (κ2) is 7.12. The second-order valence-electron chi connectivity index (χ2n) is 6.41. The van der Waals surface area contributed by atoms with E-state index in [2.05, 4.69) is 34.5 Å². The third-order valence-electron chi connectivity index (χ3n) is 4.96. The minimum absolute atomic E-state index is 0.971. The van der Waals surface area contributed by atoms with Crippen molar-refractivity contribution in [3.8, 4) is 0 Å². The van der Waals surface area contributed by atoms with Crippen molar-refractivity contribution in [1.82, 2.24) is 5.32 Å². The molecule has 2 aliphatic rings.